The SMILES string of the molecule is CC(C)(C)OC(=O)c1ccc(NC(=O)C(NC(=O)OCc2cccc3c2Cc2ccccc2-3)c2ccccc2)c(Cl)c1. The van der Waals surface area contributed by atoms with Crippen molar-refractivity contribution in [1.82, 2.24) is 5.32 Å². The molecule has 0 spiro atoms. The quantitative estimate of drug-likeness (QED) is 0.194. The molecule has 0 aromatic heterocycles. The minimum atomic E-state index is -1.06. The summed E-state index contributed by atoms with van der Waals surface area (Å²) in [5.41, 5.74) is 6.05. The van der Waals surface area contributed by atoms with E-state index in [-0.39, 0.29) is 22.9 Å². The molecule has 8 heteroatoms. The van der Waals surface area contributed by atoms with Gasteiger partial charge in [-0.2, -0.15) is 0 Å². The maximum Gasteiger partial charge on any atom is 0.408 e. The van der Waals surface area contributed by atoms with Crippen LogP contribution in [0.2, 0.25) is 5.02 Å². The first-order valence-corrected chi connectivity index (χ1v) is 14.0. The molecule has 0 fully saturated rings. The lowest BCUT2D eigenvalue weighted by Crippen LogP contribution is -2.37. The number of anilines is 1. The van der Waals surface area contributed by atoms with Crippen LogP contribution >= 0.6 is 11.6 Å². The number of fused-ring (bicyclic) bond motifs is 3. The summed E-state index contributed by atoms with van der Waals surface area (Å²) in [4.78, 5) is 38.8. The van der Waals surface area contributed by atoms with Crippen LogP contribution in [0.3, 0.4) is 0 Å². The zero-order valence-electron chi connectivity index (χ0n) is 23.6. The molecule has 1 aliphatic carbocycles. The third kappa shape index (κ3) is 6.64. The summed E-state index contributed by atoms with van der Waals surface area (Å²) in [7, 11) is 0. The number of nitrogens with one attached hydrogen (secondary N) is 2. The van der Waals surface area contributed by atoms with Crippen LogP contribution in [-0.4, -0.2) is 23.6 Å². The normalized spacial score (nSPS) is 12.5. The molecule has 5 rings (SSSR count). The Bertz CT molecular complexity index is 1650. The maximum atomic E-state index is 13.4. The van der Waals surface area contributed by atoms with Gasteiger partial charge in [-0.3, -0.25) is 4.79 Å². The molecule has 7 nitrogen and oxygen atoms in total. The number of hydrogen-bond acceptors (Lipinski definition) is 5. The van der Waals surface area contributed by atoms with Crippen LogP contribution in [0, 0.1) is 0 Å². The van der Waals surface area contributed by atoms with Gasteiger partial charge in [0.15, 0.2) is 0 Å². The van der Waals surface area contributed by atoms with Gasteiger partial charge in [-0.15, -0.1) is 0 Å². The highest BCUT2D eigenvalue weighted by Crippen LogP contribution is 2.38. The summed E-state index contributed by atoms with van der Waals surface area (Å²) in [6.45, 7) is 5.38. The predicted molar refractivity (Wildman–Crippen MR) is 162 cm³/mol. The van der Waals surface area contributed by atoms with Crippen LogP contribution in [0.4, 0.5) is 10.5 Å². The summed E-state index contributed by atoms with van der Waals surface area (Å²) < 4.78 is 11.0. The lowest BCUT2D eigenvalue weighted by atomic mass is 10.0. The Hall–Kier alpha value is -4.62. The summed E-state index contributed by atoms with van der Waals surface area (Å²) in [6, 6.07) is 26.5. The van der Waals surface area contributed by atoms with Gasteiger partial charge >= 0.3 is 12.1 Å². The summed E-state index contributed by atoms with van der Waals surface area (Å²) in [5.74, 6) is -1.05. The molecule has 0 radical (unpaired) electrons. The Kier molecular flexibility index (Phi) is 8.31. The van der Waals surface area contributed by atoms with E-state index in [2.05, 4.69) is 28.8 Å². The number of ether oxygens (including phenoxy) is 2. The van der Waals surface area contributed by atoms with Crippen LogP contribution < -0.4 is 10.6 Å². The molecular weight excluding hydrogens is 552 g/mol. The summed E-state index contributed by atoms with van der Waals surface area (Å²) in [6.07, 6.45) is 0.0355. The molecule has 214 valence electrons. The van der Waals surface area contributed by atoms with Crippen molar-refractivity contribution >= 4 is 35.3 Å². The number of alkyl carbamates (subject to hydrolysis) is 1. The Morgan fingerprint density at radius 3 is 2.33 bits per heavy atom. The highest BCUT2D eigenvalue weighted by atomic mass is 35.5. The fraction of sp³-hybridized carbons (Fsp3) is 0.206. The van der Waals surface area contributed by atoms with Gasteiger partial charge in [-0.1, -0.05) is 84.4 Å². The third-order valence-corrected chi connectivity index (χ3v) is 7.14. The topological polar surface area (TPSA) is 93.7 Å². The molecule has 2 amide bonds. The van der Waals surface area contributed by atoms with Gasteiger partial charge in [0.05, 0.1) is 16.3 Å². The zero-order valence-corrected chi connectivity index (χ0v) is 24.3. The highest BCUT2D eigenvalue weighted by molar-refractivity contribution is 6.34. The molecule has 2 N–H and O–H groups in total. The average Bonchev–Trinajstić information content (AvgIpc) is 3.35. The second-order valence-corrected chi connectivity index (χ2v) is 11.4. The van der Waals surface area contributed by atoms with E-state index < -0.39 is 29.6 Å². The van der Waals surface area contributed by atoms with Gasteiger partial charge in [-0.05, 0) is 78.8 Å². The highest BCUT2D eigenvalue weighted by Gasteiger charge is 2.26. The minimum absolute atomic E-state index is 0.0596. The van der Waals surface area contributed by atoms with Gasteiger partial charge in [0.25, 0.3) is 5.91 Å². The Balaban J connectivity index is 1.28. The Morgan fingerprint density at radius 1 is 0.881 bits per heavy atom. The second-order valence-electron chi connectivity index (χ2n) is 11.0. The van der Waals surface area contributed by atoms with Gasteiger partial charge < -0.3 is 20.1 Å². The Labute approximate surface area is 249 Å². The molecule has 0 heterocycles. The minimum Gasteiger partial charge on any atom is -0.456 e. The van der Waals surface area contributed by atoms with E-state index in [4.69, 9.17) is 21.1 Å². The first-order valence-electron chi connectivity index (χ1n) is 13.6. The largest absolute Gasteiger partial charge is 0.456 e. The van der Waals surface area contributed by atoms with Crippen molar-refractivity contribution in [2.24, 2.45) is 0 Å². The van der Waals surface area contributed by atoms with Gasteiger partial charge in [0, 0.05) is 0 Å². The van der Waals surface area contributed by atoms with Crippen molar-refractivity contribution in [2.75, 3.05) is 5.32 Å². The molecule has 0 saturated heterocycles. The van der Waals surface area contributed by atoms with Crippen LogP contribution in [0.1, 0.15) is 59.4 Å². The molecule has 0 aliphatic heterocycles. The van der Waals surface area contributed by atoms with Crippen molar-refractivity contribution in [3.63, 3.8) is 0 Å². The van der Waals surface area contributed by atoms with Crippen molar-refractivity contribution < 1.29 is 23.9 Å². The second kappa shape index (κ2) is 12.1. The van der Waals surface area contributed by atoms with E-state index in [0.29, 0.717) is 5.56 Å². The Morgan fingerprint density at radius 2 is 1.60 bits per heavy atom. The van der Waals surface area contributed by atoms with Gasteiger partial charge in [0.2, 0.25) is 0 Å². The van der Waals surface area contributed by atoms with Crippen molar-refractivity contribution in [1.29, 1.82) is 0 Å². The van der Waals surface area contributed by atoms with Crippen LogP contribution in [0.5, 0.6) is 0 Å². The van der Waals surface area contributed by atoms with Crippen molar-refractivity contribution in [3.8, 4) is 11.1 Å². The molecule has 1 unspecified atom stereocenters. The van der Waals surface area contributed by atoms with Crippen LogP contribution in [-0.2, 0) is 27.3 Å². The number of esters is 1. The standard InChI is InChI=1S/C34H31ClN2O5/c1-34(2,3)42-32(39)23-16-17-29(28(35)19-23)36-31(38)30(21-10-5-4-6-11-21)37-33(40)41-20-24-13-9-15-26-25-14-8-7-12-22(25)18-27(24)26/h4-17,19,30H,18,20H2,1-3H3,(H,36,38)(H,37,40). The van der Waals surface area contributed by atoms with Crippen LogP contribution in [0.15, 0.2) is 91.0 Å². The molecule has 1 aliphatic rings. The molecule has 0 saturated carbocycles. The number of carbonyl (C=O) groups excluding carboxylic acids is 3. The number of hydrogen-bond donors (Lipinski definition) is 2. The first-order chi connectivity index (χ1) is 20.1. The summed E-state index contributed by atoms with van der Waals surface area (Å²) >= 11 is 6.41. The monoisotopic (exact) mass is 582 g/mol. The molecular formula is C34H31ClN2O5. The average molecular weight is 583 g/mol. The number of halogens is 1. The molecule has 1 atom stereocenters. The third-order valence-electron chi connectivity index (χ3n) is 6.83. The lowest BCUT2D eigenvalue weighted by molar-refractivity contribution is -0.118. The molecule has 4 aromatic rings. The van der Waals surface area contributed by atoms with Gasteiger partial charge in [-0.25, -0.2) is 9.59 Å². The first kappa shape index (κ1) is 28.9. The van der Waals surface area contributed by atoms with Crippen molar-refractivity contribution in [3.05, 3.63) is 124 Å². The molecule has 4 aromatic carbocycles. The lowest BCUT2D eigenvalue weighted by Gasteiger charge is -2.21. The van der Waals surface area contributed by atoms with E-state index in [9.17, 15) is 14.4 Å². The van der Waals surface area contributed by atoms with E-state index >= 15 is 0 Å². The smallest absolute Gasteiger partial charge is 0.408 e. The molecule has 42 heavy (non-hydrogen) atoms. The zero-order chi connectivity index (χ0) is 29.9. The number of amides is 2. The summed E-state index contributed by atoms with van der Waals surface area (Å²) in [5, 5.41) is 5.60. The molecule has 0 bridgehead atoms. The van der Waals surface area contributed by atoms with Crippen LogP contribution in [0.25, 0.3) is 11.1 Å². The number of benzene rings is 4. The number of carbonyl (C=O) groups is 3. The predicted octanol–water partition coefficient (Wildman–Crippen LogP) is 7.47. The fourth-order valence-corrected chi connectivity index (χ4v) is 5.12. The van der Waals surface area contributed by atoms with E-state index in [1.165, 1.54) is 29.3 Å². The maximum absolute atomic E-state index is 13.4. The van der Waals surface area contributed by atoms with E-state index in [0.717, 1.165) is 23.1 Å². The number of rotatable bonds is 7. The van der Waals surface area contributed by atoms with E-state index in [1.807, 2.05) is 30.3 Å². The van der Waals surface area contributed by atoms with Gasteiger partial charge in [0.1, 0.15) is 18.2 Å². The van der Waals surface area contributed by atoms with E-state index in [1.54, 1.807) is 45.0 Å². The fourth-order valence-electron chi connectivity index (χ4n) is 4.89. The van der Waals surface area contributed by atoms with Crippen molar-refractivity contribution in [2.45, 2.75) is 45.4 Å².